The van der Waals surface area contributed by atoms with Crippen molar-refractivity contribution in [2.75, 3.05) is 16.8 Å². The summed E-state index contributed by atoms with van der Waals surface area (Å²) < 4.78 is 2.45. The Morgan fingerprint density at radius 2 is 1.93 bits per heavy atom. The summed E-state index contributed by atoms with van der Waals surface area (Å²) in [6.07, 6.45) is 4.96. The van der Waals surface area contributed by atoms with E-state index in [1.54, 1.807) is 6.20 Å². The van der Waals surface area contributed by atoms with Crippen molar-refractivity contribution < 1.29 is 4.79 Å². The monoisotopic (exact) mass is 395 g/mol. The highest BCUT2D eigenvalue weighted by molar-refractivity contribution is 8.16. The van der Waals surface area contributed by atoms with Crippen LogP contribution in [-0.2, 0) is 7.05 Å². The van der Waals surface area contributed by atoms with Gasteiger partial charge in [-0.3, -0.25) is 4.79 Å². The van der Waals surface area contributed by atoms with Crippen LogP contribution >= 0.6 is 23.5 Å². The third kappa shape index (κ3) is 4.22. The lowest BCUT2D eigenvalue weighted by Gasteiger charge is -2.21. The van der Waals surface area contributed by atoms with Crippen LogP contribution in [0.25, 0.3) is 11.4 Å². The Balaban J connectivity index is 1.47. The molecule has 0 bridgehead atoms. The normalized spacial score (nSPS) is 14.9. The van der Waals surface area contributed by atoms with Crippen LogP contribution in [0, 0.1) is 0 Å². The van der Waals surface area contributed by atoms with Crippen molar-refractivity contribution in [2.24, 2.45) is 7.05 Å². The molecule has 4 nitrogen and oxygen atoms in total. The number of hydrogen-bond acceptors (Lipinski definition) is 4. The molecule has 0 saturated carbocycles. The number of thioether (sulfide) groups is 2. The van der Waals surface area contributed by atoms with Gasteiger partial charge in [-0.2, -0.15) is 0 Å². The first-order valence-electron chi connectivity index (χ1n) is 8.93. The number of hydrogen-bond donors (Lipinski definition) is 1. The smallest absolute Gasteiger partial charge is 0.255 e. The molecule has 1 aromatic heterocycles. The van der Waals surface area contributed by atoms with Crippen LogP contribution in [0.1, 0.15) is 26.9 Å². The number of rotatable bonds is 4. The second-order valence-electron chi connectivity index (χ2n) is 6.45. The molecule has 1 saturated heterocycles. The molecule has 138 valence electrons. The average Bonchev–Trinajstić information content (AvgIpc) is 3.15. The van der Waals surface area contributed by atoms with Gasteiger partial charge in [-0.1, -0.05) is 24.3 Å². The van der Waals surface area contributed by atoms with Crippen LogP contribution in [0.2, 0.25) is 0 Å². The lowest BCUT2D eigenvalue weighted by molar-refractivity contribution is 0.102. The van der Waals surface area contributed by atoms with E-state index in [4.69, 9.17) is 0 Å². The zero-order valence-corrected chi connectivity index (χ0v) is 16.7. The number of benzene rings is 2. The van der Waals surface area contributed by atoms with Crippen LogP contribution in [0.15, 0.2) is 60.9 Å². The third-order valence-electron chi connectivity index (χ3n) is 4.47. The second-order valence-corrected chi connectivity index (χ2v) is 9.17. The molecule has 0 spiro atoms. The Hall–Kier alpha value is -2.18. The van der Waals surface area contributed by atoms with E-state index in [1.807, 2.05) is 77.7 Å². The summed E-state index contributed by atoms with van der Waals surface area (Å²) in [7, 11) is 1.96. The average molecular weight is 396 g/mol. The Morgan fingerprint density at radius 1 is 1.15 bits per heavy atom. The number of anilines is 1. The van der Waals surface area contributed by atoms with Gasteiger partial charge in [0.2, 0.25) is 0 Å². The maximum Gasteiger partial charge on any atom is 0.255 e. The van der Waals surface area contributed by atoms with Gasteiger partial charge in [-0.05, 0) is 47.8 Å². The quantitative estimate of drug-likeness (QED) is 0.659. The highest BCUT2D eigenvalue weighted by Crippen LogP contribution is 2.43. The molecule has 2 heterocycles. The van der Waals surface area contributed by atoms with E-state index in [-0.39, 0.29) is 5.91 Å². The highest BCUT2D eigenvalue weighted by Gasteiger charge is 2.17. The molecule has 1 fully saturated rings. The number of carbonyl (C=O) groups is 1. The Kier molecular flexibility index (Phi) is 5.55. The summed E-state index contributed by atoms with van der Waals surface area (Å²) in [6, 6.07) is 15.8. The number of aromatic nitrogens is 2. The summed E-state index contributed by atoms with van der Waals surface area (Å²) in [5, 5.41) is 2.99. The minimum atomic E-state index is -0.0949. The molecule has 0 unspecified atom stereocenters. The Morgan fingerprint density at radius 3 is 2.63 bits per heavy atom. The summed E-state index contributed by atoms with van der Waals surface area (Å²) in [6.45, 7) is 0. The summed E-state index contributed by atoms with van der Waals surface area (Å²) >= 11 is 3.98. The van der Waals surface area contributed by atoms with Gasteiger partial charge in [-0.15, -0.1) is 23.5 Å². The molecule has 1 aliphatic rings. The molecule has 0 aliphatic carbocycles. The van der Waals surface area contributed by atoms with Crippen LogP contribution in [0.5, 0.6) is 0 Å². The fourth-order valence-electron chi connectivity index (χ4n) is 3.05. The van der Waals surface area contributed by atoms with Gasteiger partial charge >= 0.3 is 0 Å². The molecule has 1 aliphatic heterocycles. The van der Waals surface area contributed by atoms with E-state index < -0.39 is 0 Å². The molecular formula is C21H21N3OS2. The molecule has 2 aromatic carbocycles. The Bertz CT molecular complexity index is 931. The minimum absolute atomic E-state index is 0.0949. The van der Waals surface area contributed by atoms with E-state index in [0.29, 0.717) is 10.1 Å². The van der Waals surface area contributed by atoms with Crippen molar-refractivity contribution in [1.82, 2.24) is 9.55 Å². The fraction of sp³-hybridized carbons (Fsp3) is 0.238. The fourth-order valence-corrected chi connectivity index (χ4v) is 5.95. The Labute approximate surface area is 167 Å². The summed E-state index contributed by atoms with van der Waals surface area (Å²) in [5.41, 5.74) is 3.70. The zero-order chi connectivity index (χ0) is 18.6. The molecule has 1 amide bonds. The number of nitrogens with zero attached hydrogens (tertiary/aromatic N) is 2. The predicted molar refractivity (Wildman–Crippen MR) is 115 cm³/mol. The second kappa shape index (κ2) is 8.23. The summed E-state index contributed by atoms with van der Waals surface area (Å²) in [5.74, 6) is 3.21. The molecule has 3 aromatic rings. The largest absolute Gasteiger partial charge is 0.334 e. The van der Waals surface area contributed by atoms with Crippen LogP contribution < -0.4 is 5.32 Å². The van der Waals surface area contributed by atoms with Gasteiger partial charge in [0.05, 0.1) is 4.58 Å². The van der Waals surface area contributed by atoms with Gasteiger partial charge < -0.3 is 9.88 Å². The third-order valence-corrected chi connectivity index (χ3v) is 7.49. The predicted octanol–water partition coefficient (Wildman–Crippen LogP) is 5.21. The SMILES string of the molecule is Cn1ccnc1-c1cccc(NC(=O)c2ccc(C3SCCCS3)cc2)c1. The van der Waals surface area contributed by atoms with E-state index in [1.165, 1.54) is 23.5 Å². The maximum atomic E-state index is 12.6. The standard InChI is InChI=1S/C21H21N3OS2/c1-24-11-10-22-19(24)17-4-2-5-18(14-17)23-20(25)15-6-8-16(9-7-15)21-26-12-3-13-27-21/h2,4-11,14,21H,3,12-13H2,1H3,(H,23,25). The maximum absolute atomic E-state index is 12.6. The van der Waals surface area contributed by atoms with Crippen LogP contribution in [0.3, 0.4) is 0 Å². The van der Waals surface area contributed by atoms with E-state index in [9.17, 15) is 4.79 Å². The van der Waals surface area contributed by atoms with Crippen molar-refractivity contribution in [3.05, 3.63) is 72.1 Å². The van der Waals surface area contributed by atoms with Gasteiger partial charge in [0.15, 0.2) is 0 Å². The minimum Gasteiger partial charge on any atom is -0.334 e. The van der Waals surface area contributed by atoms with Crippen LogP contribution in [0.4, 0.5) is 5.69 Å². The number of aryl methyl sites for hydroxylation is 1. The number of amides is 1. The lowest BCUT2D eigenvalue weighted by Crippen LogP contribution is -2.12. The first-order valence-corrected chi connectivity index (χ1v) is 11.0. The van der Waals surface area contributed by atoms with E-state index in [2.05, 4.69) is 22.4 Å². The van der Waals surface area contributed by atoms with Gasteiger partial charge in [0, 0.05) is 36.3 Å². The number of carbonyl (C=O) groups excluding carboxylic acids is 1. The number of imidazole rings is 1. The van der Waals surface area contributed by atoms with Crippen molar-refractivity contribution in [2.45, 2.75) is 11.0 Å². The molecule has 0 atom stereocenters. The van der Waals surface area contributed by atoms with Gasteiger partial charge in [-0.25, -0.2) is 4.98 Å². The van der Waals surface area contributed by atoms with Crippen molar-refractivity contribution in [3.8, 4) is 11.4 Å². The summed E-state index contributed by atoms with van der Waals surface area (Å²) in [4.78, 5) is 17.0. The van der Waals surface area contributed by atoms with E-state index in [0.717, 1.165) is 17.1 Å². The molecule has 27 heavy (non-hydrogen) atoms. The lowest BCUT2D eigenvalue weighted by atomic mass is 10.1. The highest BCUT2D eigenvalue weighted by atomic mass is 32.2. The topological polar surface area (TPSA) is 46.9 Å². The zero-order valence-electron chi connectivity index (χ0n) is 15.1. The first-order chi connectivity index (χ1) is 13.2. The molecule has 1 N–H and O–H groups in total. The molecule has 6 heteroatoms. The van der Waals surface area contributed by atoms with Crippen molar-refractivity contribution in [1.29, 1.82) is 0 Å². The molecule has 0 radical (unpaired) electrons. The van der Waals surface area contributed by atoms with Gasteiger partial charge in [0.25, 0.3) is 5.91 Å². The van der Waals surface area contributed by atoms with Gasteiger partial charge in [0.1, 0.15) is 5.82 Å². The van der Waals surface area contributed by atoms with Crippen LogP contribution in [-0.4, -0.2) is 27.0 Å². The van der Waals surface area contributed by atoms with E-state index >= 15 is 0 Å². The molecule has 4 rings (SSSR count). The van der Waals surface area contributed by atoms with Crippen molar-refractivity contribution in [3.63, 3.8) is 0 Å². The number of nitrogens with one attached hydrogen (secondary N) is 1. The van der Waals surface area contributed by atoms with Crippen molar-refractivity contribution >= 4 is 35.1 Å². The first kappa shape index (κ1) is 18.2. The molecular weight excluding hydrogens is 374 g/mol.